The number of nitrogens with one attached hydrogen (secondary N) is 1. The zero-order valence-corrected chi connectivity index (χ0v) is 13.1. The predicted octanol–water partition coefficient (Wildman–Crippen LogP) is 1.85. The van der Waals surface area contributed by atoms with Gasteiger partial charge in [-0.3, -0.25) is 0 Å². The Hall–Kier alpha value is -0.960. The second-order valence-corrected chi connectivity index (χ2v) is 7.29. The number of ether oxygens (including phenoxy) is 1. The third kappa shape index (κ3) is 4.86. The van der Waals surface area contributed by atoms with E-state index in [1.807, 2.05) is 6.92 Å². The Kier molecular flexibility index (Phi) is 6.60. The van der Waals surface area contributed by atoms with Crippen LogP contribution in [0.3, 0.4) is 0 Å². The van der Waals surface area contributed by atoms with E-state index in [-0.39, 0.29) is 15.6 Å². The summed E-state index contributed by atoms with van der Waals surface area (Å²) in [6, 6.07) is 1.37. The smallest absolute Gasteiger partial charge is 0.346 e. The Morgan fingerprint density at radius 1 is 1.45 bits per heavy atom. The number of aromatic carboxylic acids is 1. The van der Waals surface area contributed by atoms with Crippen molar-refractivity contribution in [1.82, 2.24) is 4.72 Å². The zero-order chi connectivity index (χ0) is 15.2. The first-order valence-corrected chi connectivity index (χ1v) is 8.59. The van der Waals surface area contributed by atoms with E-state index in [9.17, 15) is 13.2 Å². The molecule has 1 rings (SSSR count). The minimum absolute atomic E-state index is 0.0148. The van der Waals surface area contributed by atoms with Crippen molar-refractivity contribution >= 4 is 27.3 Å². The maximum Gasteiger partial charge on any atom is 0.346 e. The van der Waals surface area contributed by atoms with Crippen molar-refractivity contribution in [3.8, 4) is 0 Å². The fourth-order valence-corrected chi connectivity index (χ4v) is 3.90. The number of unbranched alkanes of at least 4 members (excludes halogenated alkanes) is 1. The molecule has 0 atom stereocenters. The van der Waals surface area contributed by atoms with Crippen molar-refractivity contribution in [3.05, 3.63) is 16.5 Å². The van der Waals surface area contributed by atoms with Gasteiger partial charge in [-0.15, -0.1) is 11.3 Å². The van der Waals surface area contributed by atoms with Gasteiger partial charge in [0.05, 0.1) is 6.61 Å². The molecule has 1 aromatic heterocycles. The van der Waals surface area contributed by atoms with Crippen LogP contribution in [0.2, 0.25) is 0 Å². The maximum absolute atomic E-state index is 12.0. The van der Waals surface area contributed by atoms with Gasteiger partial charge in [-0.1, -0.05) is 13.3 Å². The lowest BCUT2D eigenvalue weighted by atomic mass is 10.3. The third-order valence-electron chi connectivity index (χ3n) is 2.53. The number of rotatable bonds is 9. The van der Waals surface area contributed by atoms with Crippen LogP contribution in [0.5, 0.6) is 0 Å². The highest BCUT2D eigenvalue weighted by molar-refractivity contribution is 7.91. The highest BCUT2D eigenvalue weighted by Gasteiger charge is 2.21. The van der Waals surface area contributed by atoms with Crippen LogP contribution in [0.15, 0.2) is 10.3 Å². The Balaban J connectivity index is 2.56. The first-order chi connectivity index (χ1) is 9.38. The summed E-state index contributed by atoms with van der Waals surface area (Å²) in [5.41, 5.74) is 0.446. The molecule has 6 nitrogen and oxygen atoms in total. The lowest BCUT2D eigenvalue weighted by Crippen LogP contribution is -2.27. The number of carboxylic acid groups (broad SMARTS) is 1. The van der Waals surface area contributed by atoms with E-state index in [2.05, 4.69) is 4.72 Å². The molecule has 0 saturated heterocycles. The molecule has 0 aromatic carbocycles. The molecule has 1 aromatic rings. The van der Waals surface area contributed by atoms with Gasteiger partial charge in [-0.25, -0.2) is 17.9 Å². The van der Waals surface area contributed by atoms with E-state index < -0.39 is 16.0 Å². The van der Waals surface area contributed by atoms with Crippen LogP contribution in [0.4, 0.5) is 0 Å². The fourth-order valence-electron chi connectivity index (χ4n) is 1.47. The molecular formula is C12H19NO5S2. The van der Waals surface area contributed by atoms with E-state index >= 15 is 0 Å². The lowest BCUT2D eigenvalue weighted by molar-refractivity contribution is 0.0701. The largest absolute Gasteiger partial charge is 0.477 e. The van der Waals surface area contributed by atoms with Crippen LogP contribution in [-0.2, 0) is 14.8 Å². The minimum atomic E-state index is -3.66. The first kappa shape index (κ1) is 17.1. The van der Waals surface area contributed by atoms with E-state index in [0.717, 1.165) is 24.2 Å². The quantitative estimate of drug-likeness (QED) is 0.677. The summed E-state index contributed by atoms with van der Waals surface area (Å²) in [5.74, 6) is -1.11. The average Bonchev–Trinajstić information content (AvgIpc) is 2.76. The second-order valence-electron chi connectivity index (χ2n) is 4.25. The normalized spacial score (nSPS) is 11.7. The first-order valence-electron chi connectivity index (χ1n) is 6.29. The summed E-state index contributed by atoms with van der Waals surface area (Å²) in [7, 11) is -3.66. The molecule has 114 valence electrons. The van der Waals surface area contributed by atoms with Gasteiger partial charge in [-0.05, 0) is 25.0 Å². The van der Waals surface area contributed by atoms with Crippen molar-refractivity contribution in [2.45, 2.75) is 30.9 Å². The highest BCUT2D eigenvalue weighted by atomic mass is 32.2. The molecule has 2 N–H and O–H groups in total. The van der Waals surface area contributed by atoms with Gasteiger partial charge in [0.1, 0.15) is 9.09 Å². The number of carboxylic acids is 1. The van der Waals surface area contributed by atoms with Crippen LogP contribution in [0.1, 0.15) is 35.0 Å². The number of carbonyl (C=O) groups is 1. The Morgan fingerprint density at radius 3 is 2.70 bits per heavy atom. The van der Waals surface area contributed by atoms with Gasteiger partial charge in [0, 0.05) is 13.2 Å². The molecule has 0 unspecified atom stereocenters. The van der Waals surface area contributed by atoms with Gasteiger partial charge in [-0.2, -0.15) is 0 Å². The van der Waals surface area contributed by atoms with E-state index in [1.54, 1.807) is 6.92 Å². The molecule has 20 heavy (non-hydrogen) atoms. The van der Waals surface area contributed by atoms with Crippen LogP contribution >= 0.6 is 11.3 Å². The van der Waals surface area contributed by atoms with Gasteiger partial charge in [0.15, 0.2) is 0 Å². The van der Waals surface area contributed by atoms with Gasteiger partial charge in [0.2, 0.25) is 10.0 Å². The molecule has 8 heteroatoms. The highest BCUT2D eigenvalue weighted by Crippen LogP contribution is 2.25. The molecule has 0 bridgehead atoms. The molecule has 0 saturated carbocycles. The monoisotopic (exact) mass is 321 g/mol. The maximum atomic E-state index is 12.0. The summed E-state index contributed by atoms with van der Waals surface area (Å²) in [5, 5.41) is 8.92. The van der Waals surface area contributed by atoms with Crippen LogP contribution in [0, 0.1) is 6.92 Å². The SMILES string of the molecule is CCCCOCCNS(=O)(=O)c1cc(C)c(C(=O)O)s1. The topological polar surface area (TPSA) is 92.7 Å². The summed E-state index contributed by atoms with van der Waals surface area (Å²) in [6.45, 7) is 4.71. The Bertz CT molecular complexity index is 550. The molecule has 0 aliphatic carbocycles. The minimum Gasteiger partial charge on any atom is -0.477 e. The van der Waals surface area contributed by atoms with Gasteiger partial charge in [0.25, 0.3) is 0 Å². The molecule has 0 aliphatic heterocycles. The zero-order valence-electron chi connectivity index (χ0n) is 11.5. The van der Waals surface area contributed by atoms with Crippen molar-refractivity contribution in [3.63, 3.8) is 0 Å². The van der Waals surface area contributed by atoms with Crippen molar-refractivity contribution in [2.24, 2.45) is 0 Å². The fraction of sp³-hybridized carbons (Fsp3) is 0.583. The predicted molar refractivity (Wildman–Crippen MR) is 76.9 cm³/mol. The van der Waals surface area contributed by atoms with Gasteiger partial charge >= 0.3 is 5.97 Å². The average molecular weight is 321 g/mol. The molecule has 0 fully saturated rings. The molecule has 0 amide bonds. The summed E-state index contributed by atoms with van der Waals surface area (Å²) in [4.78, 5) is 10.9. The molecule has 0 radical (unpaired) electrons. The Labute approximate surface area is 122 Å². The Morgan fingerprint density at radius 2 is 2.15 bits per heavy atom. The number of thiophene rings is 1. The van der Waals surface area contributed by atoms with Crippen molar-refractivity contribution in [2.75, 3.05) is 19.8 Å². The summed E-state index contributed by atoms with van der Waals surface area (Å²) < 4.78 is 31.6. The molecular weight excluding hydrogens is 302 g/mol. The number of hydrogen-bond acceptors (Lipinski definition) is 5. The summed E-state index contributed by atoms with van der Waals surface area (Å²) in [6.07, 6.45) is 1.97. The van der Waals surface area contributed by atoms with Crippen molar-refractivity contribution in [1.29, 1.82) is 0 Å². The van der Waals surface area contributed by atoms with Crippen molar-refractivity contribution < 1.29 is 23.1 Å². The van der Waals surface area contributed by atoms with Gasteiger partial charge < -0.3 is 9.84 Å². The van der Waals surface area contributed by atoms with Crippen LogP contribution < -0.4 is 4.72 Å². The van der Waals surface area contributed by atoms with E-state index in [4.69, 9.17) is 9.84 Å². The van der Waals surface area contributed by atoms with Crippen LogP contribution in [0.25, 0.3) is 0 Å². The lowest BCUT2D eigenvalue weighted by Gasteiger charge is -2.05. The summed E-state index contributed by atoms with van der Waals surface area (Å²) >= 11 is 0.756. The number of aryl methyl sites for hydroxylation is 1. The van der Waals surface area contributed by atoms with E-state index in [0.29, 0.717) is 18.8 Å². The van der Waals surface area contributed by atoms with Crippen LogP contribution in [-0.4, -0.2) is 39.3 Å². The molecule has 1 heterocycles. The van der Waals surface area contributed by atoms with E-state index in [1.165, 1.54) is 6.07 Å². The number of hydrogen-bond donors (Lipinski definition) is 2. The molecule has 0 spiro atoms. The second kappa shape index (κ2) is 7.72. The third-order valence-corrected chi connectivity index (χ3v) is 5.69. The molecule has 0 aliphatic rings. The number of sulfonamides is 1. The standard InChI is InChI=1S/C12H19NO5S2/c1-3-4-6-18-7-5-13-20(16,17)10-8-9(2)11(19-10)12(14)15/h8,13H,3-7H2,1-2H3,(H,14,15).